The van der Waals surface area contributed by atoms with Gasteiger partial charge in [0, 0.05) is 24.6 Å². The standard InChI is InChI=1S/C29H33FN2O2/c1-4-22(3)31-29(34)27(18-23-13-6-5-7-14-23)32(20-25-16-10-11-17-26(25)30)28(33)19-24-15-9-8-12-21(24)2/h5-17,22,27H,4,18-20H2,1-3H3,(H,31,34)/t22-,27-/m0/s1. The number of carbonyl (C=O) groups is 2. The number of rotatable bonds is 10. The van der Waals surface area contributed by atoms with E-state index in [1.807, 2.05) is 75.4 Å². The van der Waals surface area contributed by atoms with Gasteiger partial charge in [-0.2, -0.15) is 0 Å². The highest BCUT2D eigenvalue weighted by molar-refractivity contribution is 5.89. The number of hydrogen-bond donors (Lipinski definition) is 1. The molecule has 1 N–H and O–H groups in total. The zero-order chi connectivity index (χ0) is 24.5. The van der Waals surface area contributed by atoms with Crippen LogP contribution in [-0.2, 0) is 29.0 Å². The van der Waals surface area contributed by atoms with Gasteiger partial charge in [-0.25, -0.2) is 4.39 Å². The molecule has 0 aliphatic rings. The number of carbonyl (C=O) groups excluding carboxylic acids is 2. The molecule has 0 unspecified atom stereocenters. The SMILES string of the molecule is CC[C@H](C)NC(=O)[C@H](Cc1ccccc1)N(Cc1ccccc1F)C(=O)Cc1ccccc1C. The highest BCUT2D eigenvalue weighted by Gasteiger charge is 2.31. The van der Waals surface area contributed by atoms with E-state index in [0.717, 1.165) is 23.1 Å². The smallest absolute Gasteiger partial charge is 0.243 e. The fourth-order valence-electron chi connectivity index (χ4n) is 3.88. The summed E-state index contributed by atoms with van der Waals surface area (Å²) < 4.78 is 14.6. The molecule has 0 spiro atoms. The lowest BCUT2D eigenvalue weighted by Gasteiger charge is -2.32. The third-order valence-corrected chi connectivity index (χ3v) is 6.17. The molecule has 2 amide bonds. The molecule has 0 heterocycles. The molecule has 0 fully saturated rings. The summed E-state index contributed by atoms with van der Waals surface area (Å²) in [5.41, 5.74) is 3.22. The summed E-state index contributed by atoms with van der Waals surface area (Å²) in [4.78, 5) is 28.7. The van der Waals surface area contributed by atoms with E-state index in [-0.39, 0.29) is 30.8 Å². The Hall–Kier alpha value is -3.47. The van der Waals surface area contributed by atoms with Crippen molar-refractivity contribution in [3.63, 3.8) is 0 Å². The van der Waals surface area contributed by atoms with Crippen molar-refractivity contribution >= 4 is 11.8 Å². The third kappa shape index (κ3) is 6.77. The molecule has 0 radical (unpaired) electrons. The van der Waals surface area contributed by atoms with Gasteiger partial charge < -0.3 is 10.2 Å². The van der Waals surface area contributed by atoms with Gasteiger partial charge in [-0.1, -0.05) is 79.7 Å². The lowest BCUT2D eigenvalue weighted by atomic mass is 10.00. The molecule has 0 aliphatic carbocycles. The number of aryl methyl sites for hydroxylation is 1. The maximum atomic E-state index is 14.6. The molecule has 5 heteroatoms. The fraction of sp³-hybridized carbons (Fsp3) is 0.310. The Morgan fingerprint density at radius 1 is 0.912 bits per heavy atom. The molecule has 178 valence electrons. The average Bonchev–Trinajstić information content (AvgIpc) is 2.84. The van der Waals surface area contributed by atoms with Crippen molar-refractivity contribution in [1.29, 1.82) is 0 Å². The van der Waals surface area contributed by atoms with Crippen molar-refractivity contribution in [2.75, 3.05) is 0 Å². The van der Waals surface area contributed by atoms with Gasteiger partial charge in [0.25, 0.3) is 0 Å². The highest BCUT2D eigenvalue weighted by atomic mass is 19.1. The van der Waals surface area contributed by atoms with Crippen LogP contribution < -0.4 is 5.32 Å². The summed E-state index contributed by atoms with van der Waals surface area (Å²) in [6.45, 7) is 5.91. The molecule has 3 aromatic carbocycles. The molecule has 2 atom stereocenters. The fourth-order valence-corrected chi connectivity index (χ4v) is 3.88. The Labute approximate surface area is 201 Å². The zero-order valence-corrected chi connectivity index (χ0v) is 20.1. The summed E-state index contributed by atoms with van der Waals surface area (Å²) in [5.74, 6) is -0.831. The van der Waals surface area contributed by atoms with E-state index in [0.29, 0.717) is 12.0 Å². The van der Waals surface area contributed by atoms with Crippen LogP contribution in [0.3, 0.4) is 0 Å². The first kappa shape index (κ1) is 25.2. The maximum absolute atomic E-state index is 14.6. The molecular formula is C29H33FN2O2. The molecule has 4 nitrogen and oxygen atoms in total. The van der Waals surface area contributed by atoms with E-state index in [9.17, 15) is 14.0 Å². The topological polar surface area (TPSA) is 49.4 Å². The molecule has 0 bridgehead atoms. The lowest BCUT2D eigenvalue weighted by Crippen LogP contribution is -2.52. The molecule has 3 aromatic rings. The number of amides is 2. The minimum absolute atomic E-state index is 0.0167. The van der Waals surface area contributed by atoms with Crippen LogP contribution in [0.25, 0.3) is 0 Å². The van der Waals surface area contributed by atoms with Crippen LogP contribution in [0.5, 0.6) is 0 Å². The Balaban J connectivity index is 2.00. The minimum Gasteiger partial charge on any atom is -0.352 e. The monoisotopic (exact) mass is 460 g/mol. The predicted molar refractivity (Wildman–Crippen MR) is 134 cm³/mol. The third-order valence-electron chi connectivity index (χ3n) is 6.17. The summed E-state index contributed by atoms with van der Waals surface area (Å²) in [6, 6.07) is 22.9. The van der Waals surface area contributed by atoms with Crippen LogP contribution in [0.1, 0.15) is 42.5 Å². The van der Waals surface area contributed by atoms with E-state index in [4.69, 9.17) is 0 Å². The average molecular weight is 461 g/mol. The largest absolute Gasteiger partial charge is 0.352 e. The number of hydrogen-bond acceptors (Lipinski definition) is 2. The molecular weight excluding hydrogens is 427 g/mol. The number of nitrogens with zero attached hydrogens (tertiary/aromatic N) is 1. The summed E-state index contributed by atoms with van der Waals surface area (Å²) in [6.07, 6.45) is 1.26. The van der Waals surface area contributed by atoms with Crippen LogP contribution >= 0.6 is 0 Å². The van der Waals surface area contributed by atoms with Gasteiger partial charge >= 0.3 is 0 Å². The highest BCUT2D eigenvalue weighted by Crippen LogP contribution is 2.19. The molecule has 3 rings (SSSR count). The summed E-state index contributed by atoms with van der Waals surface area (Å²) >= 11 is 0. The van der Waals surface area contributed by atoms with Gasteiger partial charge in [0.05, 0.1) is 6.42 Å². The van der Waals surface area contributed by atoms with Crippen molar-refractivity contribution in [3.8, 4) is 0 Å². The zero-order valence-electron chi connectivity index (χ0n) is 20.1. The van der Waals surface area contributed by atoms with Crippen LogP contribution in [0, 0.1) is 12.7 Å². The van der Waals surface area contributed by atoms with Gasteiger partial charge in [-0.15, -0.1) is 0 Å². The molecule has 0 aromatic heterocycles. The van der Waals surface area contributed by atoms with Crippen LogP contribution in [0.2, 0.25) is 0 Å². The molecule has 0 aliphatic heterocycles. The van der Waals surface area contributed by atoms with E-state index >= 15 is 0 Å². The molecule has 0 saturated heterocycles. The number of halogens is 1. The van der Waals surface area contributed by atoms with Crippen LogP contribution in [0.15, 0.2) is 78.9 Å². The van der Waals surface area contributed by atoms with E-state index < -0.39 is 11.9 Å². The van der Waals surface area contributed by atoms with E-state index in [1.165, 1.54) is 11.0 Å². The van der Waals surface area contributed by atoms with Crippen LogP contribution in [-0.4, -0.2) is 28.8 Å². The predicted octanol–water partition coefficient (Wildman–Crippen LogP) is 5.23. The van der Waals surface area contributed by atoms with E-state index in [1.54, 1.807) is 18.2 Å². The Bertz CT molecular complexity index is 1100. The summed E-state index contributed by atoms with van der Waals surface area (Å²) in [5, 5.41) is 3.03. The summed E-state index contributed by atoms with van der Waals surface area (Å²) in [7, 11) is 0. The molecule has 0 saturated carbocycles. The van der Waals surface area contributed by atoms with Gasteiger partial charge in [0.2, 0.25) is 11.8 Å². The number of nitrogens with one attached hydrogen (secondary N) is 1. The van der Waals surface area contributed by atoms with Crippen molar-refractivity contribution in [2.24, 2.45) is 0 Å². The van der Waals surface area contributed by atoms with Crippen LogP contribution in [0.4, 0.5) is 4.39 Å². The molecule has 34 heavy (non-hydrogen) atoms. The van der Waals surface area contributed by atoms with Crippen molar-refractivity contribution in [3.05, 3.63) is 107 Å². The Kier molecular flexibility index (Phi) is 8.97. The first-order valence-corrected chi connectivity index (χ1v) is 11.8. The lowest BCUT2D eigenvalue weighted by molar-refractivity contribution is -0.141. The second-order valence-corrected chi connectivity index (χ2v) is 8.74. The van der Waals surface area contributed by atoms with Gasteiger partial charge in [0.15, 0.2) is 0 Å². The van der Waals surface area contributed by atoms with E-state index in [2.05, 4.69) is 5.32 Å². The number of benzene rings is 3. The second-order valence-electron chi connectivity index (χ2n) is 8.74. The maximum Gasteiger partial charge on any atom is 0.243 e. The van der Waals surface area contributed by atoms with Gasteiger partial charge in [0.1, 0.15) is 11.9 Å². The minimum atomic E-state index is -0.771. The van der Waals surface area contributed by atoms with Gasteiger partial charge in [-0.3, -0.25) is 9.59 Å². The quantitative estimate of drug-likeness (QED) is 0.450. The first-order chi connectivity index (χ1) is 16.4. The first-order valence-electron chi connectivity index (χ1n) is 11.8. The normalized spacial score (nSPS) is 12.6. The Morgan fingerprint density at radius 3 is 2.18 bits per heavy atom. The van der Waals surface area contributed by atoms with Crippen molar-refractivity contribution in [2.45, 2.75) is 58.7 Å². The van der Waals surface area contributed by atoms with Gasteiger partial charge in [-0.05, 0) is 43.0 Å². The van der Waals surface area contributed by atoms with Crippen molar-refractivity contribution in [1.82, 2.24) is 10.2 Å². The second kappa shape index (κ2) is 12.1. The Morgan fingerprint density at radius 2 is 1.53 bits per heavy atom. The van der Waals surface area contributed by atoms with Crippen molar-refractivity contribution < 1.29 is 14.0 Å².